The third-order valence-electron chi connectivity index (χ3n) is 2.25. The Morgan fingerprint density at radius 3 is 2.82 bits per heavy atom. The summed E-state index contributed by atoms with van der Waals surface area (Å²) in [6.45, 7) is 2.21. The summed E-state index contributed by atoms with van der Waals surface area (Å²) in [5, 5.41) is 0.580. The van der Waals surface area contributed by atoms with E-state index in [9.17, 15) is 4.79 Å². The Hall–Kier alpha value is -0.930. The highest BCUT2D eigenvalue weighted by Gasteiger charge is 2.18. The molecule has 3 nitrogen and oxygen atoms in total. The molecular weight excluding hydrogens is 261 g/mol. The second kappa shape index (κ2) is 6.72. The Morgan fingerprint density at radius 1 is 1.53 bits per heavy atom. The first-order valence-corrected chi connectivity index (χ1v) is 6.19. The molecule has 0 aliphatic carbocycles. The van der Waals surface area contributed by atoms with Crippen LogP contribution in [0.25, 0.3) is 0 Å². The van der Waals surface area contributed by atoms with Gasteiger partial charge in [-0.15, -0.1) is 11.6 Å². The van der Waals surface area contributed by atoms with Crippen molar-refractivity contribution in [3.63, 3.8) is 0 Å². The van der Waals surface area contributed by atoms with E-state index < -0.39 is 6.10 Å². The van der Waals surface area contributed by atoms with Gasteiger partial charge in [-0.3, -0.25) is 4.79 Å². The van der Waals surface area contributed by atoms with E-state index in [4.69, 9.17) is 27.9 Å². The van der Waals surface area contributed by atoms with Crippen molar-refractivity contribution in [1.82, 2.24) is 4.90 Å². The van der Waals surface area contributed by atoms with Crippen LogP contribution >= 0.6 is 23.2 Å². The van der Waals surface area contributed by atoms with Gasteiger partial charge in [0.15, 0.2) is 6.10 Å². The molecule has 5 heteroatoms. The van der Waals surface area contributed by atoms with Gasteiger partial charge in [0.05, 0.1) is 0 Å². The third-order valence-corrected chi connectivity index (χ3v) is 2.66. The minimum Gasteiger partial charge on any atom is -0.481 e. The van der Waals surface area contributed by atoms with Gasteiger partial charge in [-0.05, 0) is 25.1 Å². The fourth-order valence-corrected chi connectivity index (χ4v) is 1.78. The minimum atomic E-state index is -0.554. The molecule has 0 saturated carbocycles. The third kappa shape index (κ3) is 4.44. The van der Waals surface area contributed by atoms with Crippen molar-refractivity contribution < 1.29 is 9.53 Å². The molecule has 1 rings (SSSR count). The molecule has 1 aromatic carbocycles. The predicted molar refractivity (Wildman–Crippen MR) is 69.9 cm³/mol. The summed E-state index contributed by atoms with van der Waals surface area (Å²) in [5.74, 6) is 0.884. The predicted octanol–water partition coefficient (Wildman–Crippen LogP) is 2.80. The molecule has 0 spiro atoms. The van der Waals surface area contributed by atoms with Gasteiger partial charge in [-0.1, -0.05) is 17.7 Å². The number of carbonyl (C=O) groups excluding carboxylic acids is 1. The van der Waals surface area contributed by atoms with Gasteiger partial charge < -0.3 is 9.64 Å². The molecule has 0 N–H and O–H groups in total. The molecule has 0 heterocycles. The second-order valence-corrected chi connectivity index (χ2v) is 4.48. The first-order chi connectivity index (χ1) is 8.04. The van der Waals surface area contributed by atoms with Crippen molar-refractivity contribution in [2.75, 3.05) is 19.5 Å². The van der Waals surface area contributed by atoms with E-state index in [1.165, 1.54) is 0 Å². The average molecular weight is 276 g/mol. The van der Waals surface area contributed by atoms with Crippen LogP contribution < -0.4 is 4.74 Å². The number of amides is 1. The van der Waals surface area contributed by atoms with Crippen molar-refractivity contribution in [2.45, 2.75) is 13.0 Å². The molecule has 0 aliphatic heterocycles. The minimum absolute atomic E-state index is 0.106. The lowest BCUT2D eigenvalue weighted by molar-refractivity contribution is -0.136. The maximum absolute atomic E-state index is 11.8. The Kier molecular flexibility index (Phi) is 5.59. The van der Waals surface area contributed by atoms with Gasteiger partial charge in [0, 0.05) is 24.5 Å². The maximum Gasteiger partial charge on any atom is 0.263 e. The van der Waals surface area contributed by atoms with Crippen LogP contribution in [0.5, 0.6) is 5.75 Å². The Bertz CT molecular complexity index is 385. The monoisotopic (exact) mass is 275 g/mol. The van der Waals surface area contributed by atoms with Crippen LogP contribution in [0.1, 0.15) is 6.92 Å². The van der Waals surface area contributed by atoms with Gasteiger partial charge >= 0.3 is 0 Å². The van der Waals surface area contributed by atoms with Crippen LogP contribution in [0.3, 0.4) is 0 Å². The van der Waals surface area contributed by atoms with Crippen LogP contribution in [0.15, 0.2) is 24.3 Å². The summed E-state index contributed by atoms with van der Waals surface area (Å²) in [5.41, 5.74) is 0. The number of nitrogens with zero attached hydrogens (tertiary/aromatic N) is 1. The van der Waals surface area contributed by atoms with Crippen molar-refractivity contribution in [1.29, 1.82) is 0 Å². The first-order valence-electron chi connectivity index (χ1n) is 5.27. The summed E-state index contributed by atoms with van der Waals surface area (Å²) in [6.07, 6.45) is -0.554. The first kappa shape index (κ1) is 14.1. The number of likely N-dealkylation sites (N-methyl/N-ethyl adjacent to an activating group) is 1. The number of halogens is 2. The van der Waals surface area contributed by atoms with E-state index in [2.05, 4.69) is 0 Å². The molecular formula is C12H15Cl2NO2. The second-order valence-electron chi connectivity index (χ2n) is 3.67. The van der Waals surface area contributed by atoms with Crippen molar-refractivity contribution in [3.05, 3.63) is 29.3 Å². The zero-order valence-corrected chi connectivity index (χ0v) is 11.3. The zero-order chi connectivity index (χ0) is 12.8. The normalized spacial score (nSPS) is 12.0. The molecule has 0 radical (unpaired) electrons. The summed E-state index contributed by atoms with van der Waals surface area (Å²) in [7, 11) is 1.70. The van der Waals surface area contributed by atoms with Gasteiger partial charge in [0.25, 0.3) is 5.91 Å². The van der Waals surface area contributed by atoms with Crippen LogP contribution in [-0.4, -0.2) is 36.4 Å². The highest BCUT2D eigenvalue weighted by molar-refractivity contribution is 6.30. The van der Waals surface area contributed by atoms with Crippen molar-refractivity contribution in [2.24, 2.45) is 0 Å². The van der Waals surface area contributed by atoms with E-state index in [0.29, 0.717) is 23.2 Å². The summed E-state index contributed by atoms with van der Waals surface area (Å²) in [6, 6.07) is 6.96. The van der Waals surface area contributed by atoms with E-state index in [-0.39, 0.29) is 5.91 Å². The smallest absolute Gasteiger partial charge is 0.263 e. The highest BCUT2D eigenvalue weighted by Crippen LogP contribution is 2.18. The summed E-state index contributed by atoms with van der Waals surface area (Å²) in [4.78, 5) is 13.4. The van der Waals surface area contributed by atoms with Crippen molar-refractivity contribution in [3.8, 4) is 5.75 Å². The van der Waals surface area contributed by atoms with E-state index >= 15 is 0 Å². The number of rotatable bonds is 5. The van der Waals surface area contributed by atoms with Gasteiger partial charge in [0.2, 0.25) is 0 Å². The van der Waals surface area contributed by atoms with E-state index in [1.54, 1.807) is 43.1 Å². The molecule has 0 aliphatic rings. The number of benzene rings is 1. The number of hydrogen-bond acceptors (Lipinski definition) is 2. The molecule has 1 unspecified atom stereocenters. The van der Waals surface area contributed by atoms with E-state index in [0.717, 1.165) is 0 Å². The summed E-state index contributed by atoms with van der Waals surface area (Å²) < 4.78 is 5.51. The van der Waals surface area contributed by atoms with Gasteiger partial charge in [0.1, 0.15) is 5.75 Å². The Morgan fingerprint density at radius 2 is 2.24 bits per heavy atom. The molecule has 1 amide bonds. The van der Waals surface area contributed by atoms with Crippen molar-refractivity contribution >= 4 is 29.1 Å². The zero-order valence-electron chi connectivity index (χ0n) is 9.82. The molecule has 1 atom stereocenters. The molecule has 0 fully saturated rings. The lowest BCUT2D eigenvalue weighted by Crippen LogP contribution is -2.38. The number of ether oxygens (including phenoxy) is 1. The highest BCUT2D eigenvalue weighted by atomic mass is 35.5. The van der Waals surface area contributed by atoms with Crippen LogP contribution in [0.2, 0.25) is 5.02 Å². The van der Waals surface area contributed by atoms with Crippen LogP contribution in [-0.2, 0) is 4.79 Å². The quantitative estimate of drug-likeness (QED) is 0.774. The molecule has 0 bridgehead atoms. The topological polar surface area (TPSA) is 29.5 Å². The van der Waals surface area contributed by atoms with Gasteiger partial charge in [-0.25, -0.2) is 0 Å². The lowest BCUT2D eigenvalue weighted by atomic mass is 10.3. The van der Waals surface area contributed by atoms with E-state index in [1.807, 2.05) is 0 Å². The molecule has 94 valence electrons. The number of hydrogen-bond donors (Lipinski definition) is 0. The number of carbonyl (C=O) groups is 1. The number of alkyl halides is 1. The molecule has 0 saturated heterocycles. The maximum atomic E-state index is 11.8. The van der Waals surface area contributed by atoms with Gasteiger partial charge in [-0.2, -0.15) is 0 Å². The Balaban J connectivity index is 2.59. The fourth-order valence-electron chi connectivity index (χ4n) is 1.34. The fraction of sp³-hybridized carbons (Fsp3) is 0.417. The Labute approximate surface area is 111 Å². The van der Waals surface area contributed by atoms with Crippen LogP contribution in [0, 0.1) is 0 Å². The molecule has 0 aromatic heterocycles. The summed E-state index contributed by atoms with van der Waals surface area (Å²) >= 11 is 11.4. The molecule has 17 heavy (non-hydrogen) atoms. The van der Waals surface area contributed by atoms with Crippen LogP contribution in [0.4, 0.5) is 0 Å². The average Bonchev–Trinajstić information content (AvgIpc) is 2.28. The molecule has 1 aromatic rings. The lowest BCUT2D eigenvalue weighted by Gasteiger charge is -2.21. The standard InChI is InChI=1S/C12H15Cl2NO2/c1-9(12(16)15(2)7-6-13)17-11-5-3-4-10(14)8-11/h3-5,8-9H,6-7H2,1-2H3. The largest absolute Gasteiger partial charge is 0.481 e. The SMILES string of the molecule is CC(Oc1cccc(Cl)c1)C(=O)N(C)CCCl.